The highest BCUT2D eigenvalue weighted by Gasteiger charge is 2.29. The molecular formula is C22H18Cl3FN2O3S. The zero-order valence-corrected chi connectivity index (χ0v) is 19.6. The van der Waals surface area contributed by atoms with Gasteiger partial charge in [-0.05, 0) is 48.4 Å². The number of rotatable bonds is 8. The van der Waals surface area contributed by atoms with E-state index in [4.69, 9.17) is 34.8 Å². The molecule has 0 unspecified atom stereocenters. The fraction of sp³-hybridized carbons (Fsp3) is 0.136. The number of hydrogen-bond donors (Lipinski definition) is 1. The molecule has 0 atom stereocenters. The van der Waals surface area contributed by atoms with Gasteiger partial charge in [0.2, 0.25) is 15.9 Å². The molecule has 0 aliphatic carbocycles. The molecule has 3 aromatic rings. The minimum atomic E-state index is -4.16. The normalized spacial score (nSPS) is 11.5. The molecule has 0 saturated carbocycles. The van der Waals surface area contributed by atoms with Crippen molar-refractivity contribution in [3.05, 3.63) is 93.2 Å². The summed E-state index contributed by atoms with van der Waals surface area (Å²) in [5, 5.41) is 2.55. The molecule has 10 heteroatoms. The summed E-state index contributed by atoms with van der Waals surface area (Å²) in [4.78, 5) is 12.5. The van der Waals surface area contributed by atoms with E-state index in [1.54, 1.807) is 0 Å². The SMILES string of the molecule is O=C(CN(CCc1ccccc1)S(=O)(=O)c1cc(Cl)ccc1Cl)Nc1ccc(F)c(Cl)c1. The Morgan fingerprint density at radius 3 is 2.34 bits per heavy atom. The molecule has 32 heavy (non-hydrogen) atoms. The number of amides is 1. The number of benzene rings is 3. The van der Waals surface area contributed by atoms with Crippen LogP contribution in [-0.2, 0) is 21.2 Å². The lowest BCUT2D eigenvalue weighted by molar-refractivity contribution is -0.116. The molecule has 3 aromatic carbocycles. The zero-order chi connectivity index (χ0) is 23.3. The van der Waals surface area contributed by atoms with Gasteiger partial charge in [0.15, 0.2) is 0 Å². The minimum Gasteiger partial charge on any atom is -0.325 e. The lowest BCUT2D eigenvalue weighted by Gasteiger charge is -2.22. The molecule has 0 aromatic heterocycles. The van der Waals surface area contributed by atoms with Crippen molar-refractivity contribution >= 4 is 56.4 Å². The van der Waals surface area contributed by atoms with Crippen molar-refractivity contribution in [3.8, 4) is 0 Å². The van der Waals surface area contributed by atoms with Gasteiger partial charge < -0.3 is 5.32 Å². The second-order valence-corrected chi connectivity index (χ2v) is 9.98. The molecule has 168 valence electrons. The first kappa shape index (κ1) is 24.5. The first-order chi connectivity index (χ1) is 15.2. The summed E-state index contributed by atoms with van der Waals surface area (Å²) < 4.78 is 41.1. The van der Waals surface area contributed by atoms with Crippen molar-refractivity contribution in [1.82, 2.24) is 4.31 Å². The third-order valence-electron chi connectivity index (χ3n) is 4.53. The smallest absolute Gasteiger partial charge is 0.245 e. The van der Waals surface area contributed by atoms with Crippen LogP contribution in [0.3, 0.4) is 0 Å². The molecular weight excluding hydrogens is 498 g/mol. The monoisotopic (exact) mass is 514 g/mol. The van der Waals surface area contributed by atoms with Crippen molar-refractivity contribution in [1.29, 1.82) is 0 Å². The van der Waals surface area contributed by atoms with Gasteiger partial charge >= 0.3 is 0 Å². The van der Waals surface area contributed by atoms with E-state index >= 15 is 0 Å². The van der Waals surface area contributed by atoms with Gasteiger partial charge in [0, 0.05) is 17.3 Å². The molecule has 0 heterocycles. The molecule has 0 aliphatic heterocycles. The van der Waals surface area contributed by atoms with Crippen LogP contribution in [0.15, 0.2) is 71.6 Å². The molecule has 0 bridgehead atoms. The predicted octanol–water partition coefficient (Wildman–Crippen LogP) is 5.66. The fourth-order valence-electron chi connectivity index (χ4n) is 2.93. The van der Waals surface area contributed by atoms with E-state index in [1.165, 1.54) is 30.3 Å². The van der Waals surface area contributed by atoms with Crippen LogP contribution in [-0.4, -0.2) is 31.7 Å². The molecule has 0 radical (unpaired) electrons. The molecule has 5 nitrogen and oxygen atoms in total. The summed E-state index contributed by atoms with van der Waals surface area (Å²) in [5.41, 5.74) is 1.14. The van der Waals surface area contributed by atoms with Crippen molar-refractivity contribution in [3.63, 3.8) is 0 Å². The number of nitrogens with zero attached hydrogens (tertiary/aromatic N) is 1. The van der Waals surface area contributed by atoms with Gasteiger partial charge in [-0.3, -0.25) is 4.79 Å². The summed E-state index contributed by atoms with van der Waals surface area (Å²) >= 11 is 17.8. The minimum absolute atomic E-state index is 0.00941. The first-order valence-corrected chi connectivity index (χ1v) is 12.0. The van der Waals surface area contributed by atoms with E-state index in [9.17, 15) is 17.6 Å². The van der Waals surface area contributed by atoms with E-state index in [0.717, 1.165) is 15.9 Å². The highest BCUT2D eigenvalue weighted by Crippen LogP contribution is 2.28. The molecule has 1 amide bonds. The standard InChI is InChI=1S/C22H18Cl3FN2O3S/c23-16-6-8-18(24)21(12-16)32(30,31)28(11-10-15-4-2-1-3-5-15)14-22(29)27-17-7-9-20(26)19(25)13-17/h1-9,12-13H,10-11,14H2,(H,27,29). The van der Waals surface area contributed by atoms with E-state index in [2.05, 4.69) is 5.32 Å². The molecule has 3 rings (SSSR count). The Morgan fingerprint density at radius 2 is 1.66 bits per heavy atom. The van der Waals surface area contributed by atoms with Crippen LogP contribution < -0.4 is 5.32 Å². The number of sulfonamides is 1. The van der Waals surface area contributed by atoms with E-state index in [0.29, 0.717) is 6.42 Å². The summed E-state index contributed by atoms with van der Waals surface area (Å²) in [7, 11) is -4.16. The Kier molecular flexibility index (Phi) is 8.14. The zero-order valence-electron chi connectivity index (χ0n) is 16.6. The summed E-state index contributed by atoms with van der Waals surface area (Å²) in [6.45, 7) is -0.472. The number of carbonyl (C=O) groups is 1. The third-order valence-corrected chi connectivity index (χ3v) is 7.38. The topological polar surface area (TPSA) is 66.5 Å². The van der Waals surface area contributed by atoms with Gasteiger partial charge in [0.05, 0.1) is 16.6 Å². The van der Waals surface area contributed by atoms with E-state index in [-0.39, 0.29) is 32.2 Å². The maximum atomic E-state index is 13.4. The third kappa shape index (κ3) is 6.21. The fourth-order valence-corrected chi connectivity index (χ4v) is 5.25. The largest absolute Gasteiger partial charge is 0.325 e. The van der Waals surface area contributed by atoms with Gasteiger partial charge in [-0.15, -0.1) is 0 Å². The lowest BCUT2D eigenvalue weighted by Crippen LogP contribution is -2.39. The molecule has 0 saturated heterocycles. The second-order valence-electron chi connectivity index (χ2n) is 6.83. The van der Waals surface area contributed by atoms with Gasteiger partial charge in [-0.25, -0.2) is 12.8 Å². The first-order valence-electron chi connectivity index (χ1n) is 9.41. The van der Waals surface area contributed by atoms with Crippen molar-refractivity contribution in [2.24, 2.45) is 0 Å². The Bertz CT molecular complexity index is 1220. The lowest BCUT2D eigenvalue weighted by atomic mass is 10.1. The van der Waals surface area contributed by atoms with E-state index in [1.807, 2.05) is 30.3 Å². The quantitative estimate of drug-likeness (QED) is 0.421. The van der Waals surface area contributed by atoms with Crippen LogP contribution >= 0.6 is 34.8 Å². The summed E-state index contributed by atoms with van der Waals surface area (Å²) in [6, 6.07) is 17.0. The van der Waals surface area contributed by atoms with Crippen LogP contribution in [0.5, 0.6) is 0 Å². The van der Waals surface area contributed by atoms with E-state index < -0.39 is 28.3 Å². The Morgan fingerprint density at radius 1 is 0.938 bits per heavy atom. The van der Waals surface area contributed by atoms with Crippen molar-refractivity contribution in [2.75, 3.05) is 18.4 Å². The van der Waals surface area contributed by atoms with Gasteiger partial charge in [0.1, 0.15) is 10.7 Å². The Balaban J connectivity index is 1.86. The van der Waals surface area contributed by atoms with Crippen LogP contribution in [0.2, 0.25) is 15.1 Å². The highest BCUT2D eigenvalue weighted by atomic mass is 35.5. The average molecular weight is 516 g/mol. The van der Waals surface area contributed by atoms with Gasteiger partial charge in [-0.2, -0.15) is 4.31 Å². The number of hydrogen-bond acceptors (Lipinski definition) is 3. The maximum Gasteiger partial charge on any atom is 0.245 e. The van der Waals surface area contributed by atoms with Gasteiger partial charge in [-0.1, -0.05) is 65.1 Å². The molecule has 0 aliphatic rings. The van der Waals surface area contributed by atoms with Crippen LogP contribution in [0.4, 0.5) is 10.1 Å². The van der Waals surface area contributed by atoms with Crippen molar-refractivity contribution in [2.45, 2.75) is 11.3 Å². The predicted molar refractivity (Wildman–Crippen MR) is 125 cm³/mol. The summed E-state index contributed by atoms with van der Waals surface area (Å²) in [6.07, 6.45) is 0.369. The average Bonchev–Trinajstić information content (AvgIpc) is 2.76. The van der Waals surface area contributed by atoms with Crippen molar-refractivity contribution < 1.29 is 17.6 Å². The second kappa shape index (κ2) is 10.6. The number of carbonyl (C=O) groups excluding carboxylic acids is 1. The maximum absolute atomic E-state index is 13.4. The molecule has 1 N–H and O–H groups in total. The molecule has 0 fully saturated rings. The van der Waals surface area contributed by atoms with Crippen LogP contribution in [0.25, 0.3) is 0 Å². The molecule has 0 spiro atoms. The highest BCUT2D eigenvalue weighted by molar-refractivity contribution is 7.89. The van der Waals surface area contributed by atoms with Crippen LogP contribution in [0, 0.1) is 5.82 Å². The summed E-state index contributed by atoms with van der Waals surface area (Å²) in [5.74, 6) is -1.25. The Labute approximate surface area is 200 Å². The Hall–Kier alpha value is -2.16. The number of halogens is 4. The number of nitrogens with one attached hydrogen (secondary N) is 1. The van der Waals surface area contributed by atoms with Gasteiger partial charge in [0.25, 0.3) is 0 Å². The number of anilines is 1. The van der Waals surface area contributed by atoms with Crippen LogP contribution in [0.1, 0.15) is 5.56 Å².